The maximum Gasteiger partial charge on any atom is 0.217 e. The zero-order valence-electron chi connectivity index (χ0n) is 12.5. The molecular formula is C15H24N4O2. The van der Waals surface area contributed by atoms with Crippen LogP contribution >= 0.6 is 0 Å². The Kier molecular flexibility index (Phi) is 4.77. The average molecular weight is 292 g/mol. The molecule has 0 spiro atoms. The molecule has 0 unspecified atom stereocenters. The number of rotatable bonds is 5. The third kappa shape index (κ3) is 3.98. The molecule has 0 amide bonds. The number of likely N-dealkylation sites (tertiary alicyclic amines) is 1. The Morgan fingerprint density at radius 1 is 1.14 bits per heavy atom. The molecule has 1 aromatic rings. The van der Waals surface area contributed by atoms with Crippen LogP contribution in [0, 0.1) is 0 Å². The highest BCUT2D eigenvalue weighted by Crippen LogP contribution is 2.23. The zero-order chi connectivity index (χ0) is 14.5. The minimum absolute atomic E-state index is 0.509. The summed E-state index contributed by atoms with van der Waals surface area (Å²) in [6, 6.07) is 3.88. The average Bonchev–Trinajstić information content (AvgIpc) is 3.01. The lowest BCUT2D eigenvalue weighted by Crippen LogP contribution is -2.36. The van der Waals surface area contributed by atoms with Crippen LogP contribution in [0.2, 0.25) is 0 Å². The largest absolute Gasteiger partial charge is 0.476 e. The second-order valence-corrected chi connectivity index (χ2v) is 5.59. The first-order valence-electron chi connectivity index (χ1n) is 7.77. The first-order chi connectivity index (χ1) is 10.3. The van der Waals surface area contributed by atoms with Gasteiger partial charge in [-0.25, -0.2) is 0 Å². The number of aromatic nitrogens is 1. The molecule has 3 rings (SSSR count). The summed E-state index contributed by atoms with van der Waals surface area (Å²) in [5.74, 6) is 1.13. The molecule has 6 nitrogen and oxygen atoms in total. The number of hydrogen-bond donors (Lipinski definition) is 1. The number of nitrogens with zero attached hydrogens (tertiary/aromatic N) is 3. The highest BCUT2D eigenvalue weighted by atomic mass is 16.5. The van der Waals surface area contributed by atoms with E-state index in [1.807, 2.05) is 12.1 Å². The molecule has 0 saturated carbocycles. The molecule has 0 bridgehead atoms. The summed E-state index contributed by atoms with van der Waals surface area (Å²) >= 11 is 0. The SMILES string of the molecule is Nc1cc(N2CCOCC2)cc(OCCN2CCCC2)n1. The molecule has 2 saturated heterocycles. The van der Waals surface area contributed by atoms with E-state index in [1.54, 1.807) is 0 Å². The summed E-state index contributed by atoms with van der Waals surface area (Å²) in [6.07, 6.45) is 2.61. The number of anilines is 2. The molecule has 0 aromatic carbocycles. The van der Waals surface area contributed by atoms with Gasteiger partial charge in [-0.15, -0.1) is 0 Å². The quantitative estimate of drug-likeness (QED) is 0.872. The molecule has 0 atom stereocenters. The first kappa shape index (κ1) is 14.4. The Morgan fingerprint density at radius 2 is 1.90 bits per heavy atom. The van der Waals surface area contributed by atoms with Gasteiger partial charge in [-0.1, -0.05) is 0 Å². The van der Waals surface area contributed by atoms with Gasteiger partial charge in [0.2, 0.25) is 5.88 Å². The monoisotopic (exact) mass is 292 g/mol. The van der Waals surface area contributed by atoms with E-state index in [1.165, 1.54) is 25.9 Å². The van der Waals surface area contributed by atoms with Gasteiger partial charge in [0.25, 0.3) is 0 Å². The lowest BCUT2D eigenvalue weighted by atomic mass is 10.3. The van der Waals surface area contributed by atoms with E-state index in [0.717, 1.165) is 38.5 Å². The molecule has 116 valence electrons. The van der Waals surface area contributed by atoms with Crippen molar-refractivity contribution >= 4 is 11.5 Å². The van der Waals surface area contributed by atoms with Gasteiger partial charge < -0.3 is 20.1 Å². The zero-order valence-corrected chi connectivity index (χ0v) is 12.5. The summed E-state index contributed by atoms with van der Waals surface area (Å²) in [7, 11) is 0. The van der Waals surface area contributed by atoms with E-state index in [2.05, 4.69) is 14.8 Å². The van der Waals surface area contributed by atoms with Crippen molar-refractivity contribution in [2.24, 2.45) is 0 Å². The van der Waals surface area contributed by atoms with Crippen LogP contribution in [-0.4, -0.2) is 62.4 Å². The van der Waals surface area contributed by atoms with Gasteiger partial charge in [0.15, 0.2) is 0 Å². The Bertz CT molecular complexity index is 457. The highest BCUT2D eigenvalue weighted by molar-refractivity contribution is 5.55. The molecule has 0 radical (unpaired) electrons. The molecule has 2 fully saturated rings. The third-order valence-electron chi connectivity index (χ3n) is 4.04. The van der Waals surface area contributed by atoms with Crippen molar-refractivity contribution in [1.82, 2.24) is 9.88 Å². The van der Waals surface area contributed by atoms with Gasteiger partial charge >= 0.3 is 0 Å². The van der Waals surface area contributed by atoms with Gasteiger partial charge in [-0.3, -0.25) is 4.90 Å². The third-order valence-corrected chi connectivity index (χ3v) is 4.04. The number of pyridine rings is 1. The molecule has 2 aliphatic heterocycles. The molecule has 2 N–H and O–H groups in total. The van der Waals surface area contributed by atoms with Gasteiger partial charge in [0.05, 0.1) is 13.2 Å². The fourth-order valence-electron chi connectivity index (χ4n) is 2.88. The molecule has 2 aliphatic rings. The predicted molar refractivity (Wildman–Crippen MR) is 82.9 cm³/mol. The summed E-state index contributed by atoms with van der Waals surface area (Å²) in [4.78, 5) is 8.96. The van der Waals surface area contributed by atoms with E-state index in [0.29, 0.717) is 18.3 Å². The van der Waals surface area contributed by atoms with E-state index in [4.69, 9.17) is 15.2 Å². The van der Waals surface area contributed by atoms with Crippen molar-refractivity contribution in [2.45, 2.75) is 12.8 Å². The van der Waals surface area contributed by atoms with Crippen LogP contribution in [0.4, 0.5) is 11.5 Å². The van der Waals surface area contributed by atoms with Crippen LogP contribution in [-0.2, 0) is 4.74 Å². The second kappa shape index (κ2) is 6.95. The predicted octanol–water partition coefficient (Wildman–Crippen LogP) is 0.975. The van der Waals surface area contributed by atoms with E-state index in [9.17, 15) is 0 Å². The van der Waals surface area contributed by atoms with Crippen LogP contribution in [0.3, 0.4) is 0 Å². The molecule has 0 aliphatic carbocycles. The maximum atomic E-state index is 5.90. The summed E-state index contributed by atoms with van der Waals surface area (Å²) in [5.41, 5.74) is 6.97. The van der Waals surface area contributed by atoms with Gasteiger partial charge in [0.1, 0.15) is 12.4 Å². The van der Waals surface area contributed by atoms with Crippen LogP contribution in [0.25, 0.3) is 0 Å². The van der Waals surface area contributed by atoms with Crippen molar-refractivity contribution in [2.75, 3.05) is 63.2 Å². The van der Waals surface area contributed by atoms with Crippen LogP contribution < -0.4 is 15.4 Å². The summed E-state index contributed by atoms with van der Waals surface area (Å²) in [5, 5.41) is 0. The number of nitrogens with two attached hydrogens (primary N) is 1. The van der Waals surface area contributed by atoms with Crippen molar-refractivity contribution < 1.29 is 9.47 Å². The number of morpholine rings is 1. The van der Waals surface area contributed by atoms with Crippen molar-refractivity contribution in [3.05, 3.63) is 12.1 Å². The van der Waals surface area contributed by atoms with Gasteiger partial charge in [-0.05, 0) is 25.9 Å². The molecule has 3 heterocycles. The van der Waals surface area contributed by atoms with Gasteiger partial charge in [0, 0.05) is 37.5 Å². The highest BCUT2D eigenvalue weighted by Gasteiger charge is 2.14. The first-order valence-corrected chi connectivity index (χ1v) is 7.77. The molecule has 6 heteroatoms. The Labute approximate surface area is 125 Å². The van der Waals surface area contributed by atoms with E-state index >= 15 is 0 Å². The fraction of sp³-hybridized carbons (Fsp3) is 0.667. The number of hydrogen-bond acceptors (Lipinski definition) is 6. The van der Waals surface area contributed by atoms with Crippen LogP contribution in [0.1, 0.15) is 12.8 Å². The standard InChI is InChI=1S/C15H24N4O2/c16-14-11-13(19-6-8-20-9-7-19)12-15(17-14)21-10-5-18-3-1-2-4-18/h11-12H,1-10H2,(H2,16,17). The lowest BCUT2D eigenvalue weighted by molar-refractivity contribution is 0.122. The molecule has 21 heavy (non-hydrogen) atoms. The van der Waals surface area contributed by atoms with Crippen molar-refractivity contribution in [3.8, 4) is 5.88 Å². The topological polar surface area (TPSA) is 63.9 Å². The Hall–Kier alpha value is -1.53. The van der Waals surface area contributed by atoms with Crippen molar-refractivity contribution in [1.29, 1.82) is 0 Å². The van der Waals surface area contributed by atoms with E-state index < -0.39 is 0 Å². The van der Waals surface area contributed by atoms with E-state index in [-0.39, 0.29) is 0 Å². The second-order valence-electron chi connectivity index (χ2n) is 5.59. The number of ether oxygens (including phenoxy) is 2. The normalized spacial score (nSPS) is 19.9. The van der Waals surface area contributed by atoms with Crippen LogP contribution in [0.5, 0.6) is 5.88 Å². The maximum absolute atomic E-state index is 5.90. The molecule has 1 aromatic heterocycles. The van der Waals surface area contributed by atoms with Crippen molar-refractivity contribution in [3.63, 3.8) is 0 Å². The minimum atomic E-state index is 0.509. The summed E-state index contributed by atoms with van der Waals surface area (Å²) < 4.78 is 11.2. The number of nitrogen functional groups attached to an aromatic ring is 1. The minimum Gasteiger partial charge on any atom is -0.476 e. The molecular weight excluding hydrogens is 268 g/mol. The smallest absolute Gasteiger partial charge is 0.217 e. The Morgan fingerprint density at radius 3 is 2.67 bits per heavy atom. The fourth-order valence-corrected chi connectivity index (χ4v) is 2.88. The van der Waals surface area contributed by atoms with Crippen LogP contribution in [0.15, 0.2) is 12.1 Å². The van der Waals surface area contributed by atoms with Gasteiger partial charge in [-0.2, -0.15) is 4.98 Å². The summed E-state index contributed by atoms with van der Waals surface area (Å²) in [6.45, 7) is 7.29. The lowest BCUT2D eigenvalue weighted by Gasteiger charge is -2.29. The Balaban J connectivity index is 1.57.